The highest BCUT2D eigenvalue weighted by atomic mass is 16.2. The third-order valence-electron chi connectivity index (χ3n) is 5.22. The van der Waals surface area contributed by atoms with Gasteiger partial charge in [-0.05, 0) is 42.2 Å². The van der Waals surface area contributed by atoms with Crippen LogP contribution in [0.1, 0.15) is 33.3 Å². The fourth-order valence-electron chi connectivity index (χ4n) is 3.48. The Morgan fingerprint density at radius 2 is 1.52 bits per heavy atom. The molecule has 1 heterocycles. The summed E-state index contributed by atoms with van der Waals surface area (Å²) in [7, 11) is 0. The second-order valence-electron chi connectivity index (χ2n) is 8.34. The van der Waals surface area contributed by atoms with Crippen molar-refractivity contribution in [3.63, 3.8) is 0 Å². The predicted molar refractivity (Wildman–Crippen MR) is 113 cm³/mol. The molecule has 144 valence electrons. The van der Waals surface area contributed by atoms with Crippen LogP contribution in [0.2, 0.25) is 0 Å². The minimum Gasteiger partial charge on any atom is -0.374 e. The zero-order valence-electron chi connectivity index (χ0n) is 16.9. The second-order valence-corrected chi connectivity index (χ2v) is 8.34. The molecule has 4 heteroatoms. The summed E-state index contributed by atoms with van der Waals surface area (Å²) >= 11 is 0. The SMILES string of the molecule is CC(Nc1ccc(C(C)(C)C)cc1)C(=O)N1CCN(c2ccccc2)CC1. The van der Waals surface area contributed by atoms with E-state index in [0.29, 0.717) is 0 Å². The Bertz CT molecular complexity index is 741. The Balaban J connectivity index is 1.54. The van der Waals surface area contributed by atoms with Gasteiger partial charge < -0.3 is 15.1 Å². The molecule has 27 heavy (non-hydrogen) atoms. The van der Waals surface area contributed by atoms with Gasteiger partial charge in [-0.2, -0.15) is 0 Å². The second kappa shape index (κ2) is 8.03. The first-order valence-electron chi connectivity index (χ1n) is 9.80. The lowest BCUT2D eigenvalue weighted by Crippen LogP contribution is -2.52. The number of carbonyl (C=O) groups is 1. The zero-order chi connectivity index (χ0) is 19.4. The van der Waals surface area contributed by atoms with Crippen molar-refractivity contribution in [2.75, 3.05) is 36.4 Å². The van der Waals surface area contributed by atoms with Gasteiger partial charge in [0.15, 0.2) is 0 Å². The summed E-state index contributed by atoms with van der Waals surface area (Å²) < 4.78 is 0. The molecule has 1 amide bonds. The number of nitrogens with zero attached hydrogens (tertiary/aromatic N) is 2. The van der Waals surface area contributed by atoms with Crippen molar-refractivity contribution in [3.8, 4) is 0 Å². The average Bonchev–Trinajstić information content (AvgIpc) is 2.68. The van der Waals surface area contributed by atoms with E-state index in [1.807, 2.05) is 17.9 Å². The Kier molecular flexibility index (Phi) is 5.73. The van der Waals surface area contributed by atoms with E-state index in [4.69, 9.17) is 0 Å². The van der Waals surface area contributed by atoms with Crippen molar-refractivity contribution in [1.82, 2.24) is 4.90 Å². The fraction of sp³-hybridized carbons (Fsp3) is 0.435. The summed E-state index contributed by atoms with van der Waals surface area (Å²) in [5.41, 5.74) is 3.66. The molecule has 0 saturated carbocycles. The van der Waals surface area contributed by atoms with Crippen LogP contribution in [0.25, 0.3) is 0 Å². The molecule has 1 N–H and O–H groups in total. The summed E-state index contributed by atoms with van der Waals surface area (Å²) in [4.78, 5) is 17.1. The number of hydrogen-bond donors (Lipinski definition) is 1. The summed E-state index contributed by atoms with van der Waals surface area (Å²) in [6.07, 6.45) is 0. The van der Waals surface area contributed by atoms with Crippen molar-refractivity contribution >= 4 is 17.3 Å². The molecule has 0 aliphatic carbocycles. The average molecular weight is 366 g/mol. The predicted octanol–water partition coefficient (Wildman–Crippen LogP) is 4.13. The van der Waals surface area contributed by atoms with Gasteiger partial charge in [0.05, 0.1) is 0 Å². The van der Waals surface area contributed by atoms with E-state index in [1.165, 1.54) is 11.3 Å². The number of para-hydroxylation sites is 1. The lowest BCUT2D eigenvalue weighted by molar-refractivity contribution is -0.131. The van der Waals surface area contributed by atoms with Gasteiger partial charge in [-0.3, -0.25) is 4.79 Å². The van der Waals surface area contributed by atoms with Crippen LogP contribution in [0.4, 0.5) is 11.4 Å². The van der Waals surface area contributed by atoms with E-state index in [9.17, 15) is 4.79 Å². The maximum atomic E-state index is 12.8. The van der Waals surface area contributed by atoms with Crippen LogP contribution in [0.3, 0.4) is 0 Å². The van der Waals surface area contributed by atoms with Crippen molar-refractivity contribution in [3.05, 3.63) is 60.2 Å². The maximum Gasteiger partial charge on any atom is 0.244 e. The van der Waals surface area contributed by atoms with Crippen molar-refractivity contribution in [2.24, 2.45) is 0 Å². The van der Waals surface area contributed by atoms with Crippen LogP contribution < -0.4 is 10.2 Å². The Morgan fingerprint density at radius 3 is 2.07 bits per heavy atom. The highest BCUT2D eigenvalue weighted by Crippen LogP contribution is 2.24. The zero-order valence-corrected chi connectivity index (χ0v) is 16.9. The number of hydrogen-bond acceptors (Lipinski definition) is 3. The number of carbonyl (C=O) groups excluding carboxylic acids is 1. The quantitative estimate of drug-likeness (QED) is 0.885. The minimum absolute atomic E-state index is 0.137. The monoisotopic (exact) mass is 365 g/mol. The molecule has 3 rings (SSSR count). The van der Waals surface area contributed by atoms with Crippen molar-refractivity contribution in [2.45, 2.75) is 39.2 Å². The van der Waals surface area contributed by atoms with E-state index in [0.717, 1.165) is 31.9 Å². The first-order chi connectivity index (χ1) is 12.8. The van der Waals surface area contributed by atoms with Crippen LogP contribution in [-0.4, -0.2) is 43.0 Å². The standard InChI is InChI=1S/C23H31N3O/c1-18(24-20-12-10-19(11-13-20)23(2,3)4)22(27)26-16-14-25(15-17-26)21-8-6-5-7-9-21/h5-13,18,24H,14-17H2,1-4H3. The molecular formula is C23H31N3O. The molecule has 1 aliphatic rings. The van der Waals surface area contributed by atoms with Crippen LogP contribution in [-0.2, 0) is 10.2 Å². The molecule has 0 spiro atoms. The molecule has 1 fully saturated rings. The highest BCUT2D eigenvalue weighted by Gasteiger charge is 2.25. The molecule has 1 atom stereocenters. The topological polar surface area (TPSA) is 35.6 Å². The minimum atomic E-state index is -0.228. The van der Waals surface area contributed by atoms with Gasteiger partial charge in [-0.1, -0.05) is 51.1 Å². The number of benzene rings is 2. The molecule has 0 aromatic heterocycles. The van der Waals surface area contributed by atoms with Crippen LogP contribution in [0.5, 0.6) is 0 Å². The molecule has 1 saturated heterocycles. The number of anilines is 2. The van der Waals surface area contributed by atoms with Crippen LogP contribution in [0, 0.1) is 0 Å². The number of rotatable bonds is 4. The maximum absolute atomic E-state index is 12.8. The van der Waals surface area contributed by atoms with Gasteiger partial charge in [-0.25, -0.2) is 0 Å². The van der Waals surface area contributed by atoms with Crippen LogP contribution >= 0.6 is 0 Å². The fourth-order valence-corrected chi connectivity index (χ4v) is 3.48. The number of amides is 1. The van der Waals surface area contributed by atoms with Crippen LogP contribution in [0.15, 0.2) is 54.6 Å². The molecule has 4 nitrogen and oxygen atoms in total. The molecule has 1 aliphatic heterocycles. The molecule has 2 aromatic rings. The smallest absolute Gasteiger partial charge is 0.244 e. The first kappa shape index (κ1) is 19.3. The third kappa shape index (κ3) is 4.82. The van der Waals surface area contributed by atoms with E-state index >= 15 is 0 Å². The van der Waals surface area contributed by atoms with Gasteiger partial charge in [0.1, 0.15) is 6.04 Å². The van der Waals surface area contributed by atoms with Gasteiger partial charge in [-0.15, -0.1) is 0 Å². The van der Waals surface area contributed by atoms with E-state index in [-0.39, 0.29) is 17.4 Å². The summed E-state index contributed by atoms with van der Waals surface area (Å²) in [5.74, 6) is 0.169. The Morgan fingerprint density at radius 1 is 0.926 bits per heavy atom. The van der Waals surface area contributed by atoms with Crippen molar-refractivity contribution < 1.29 is 4.79 Å². The first-order valence-corrected chi connectivity index (χ1v) is 9.80. The molecule has 0 bridgehead atoms. The van der Waals surface area contributed by atoms with E-state index < -0.39 is 0 Å². The lowest BCUT2D eigenvalue weighted by atomic mass is 9.87. The summed E-state index contributed by atoms with van der Waals surface area (Å²) in [6, 6.07) is 18.6. The van der Waals surface area contributed by atoms with Gasteiger partial charge in [0.25, 0.3) is 0 Å². The molecule has 1 unspecified atom stereocenters. The van der Waals surface area contributed by atoms with Crippen molar-refractivity contribution in [1.29, 1.82) is 0 Å². The summed E-state index contributed by atoms with van der Waals surface area (Å²) in [5, 5.41) is 3.36. The van der Waals surface area contributed by atoms with E-state index in [2.05, 4.69) is 79.5 Å². The highest BCUT2D eigenvalue weighted by molar-refractivity contribution is 5.84. The molecule has 0 radical (unpaired) electrons. The van der Waals surface area contributed by atoms with Gasteiger partial charge in [0.2, 0.25) is 5.91 Å². The molecular weight excluding hydrogens is 334 g/mol. The largest absolute Gasteiger partial charge is 0.374 e. The number of nitrogens with one attached hydrogen (secondary N) is 1. The Labute approximate surface area is 163 Å². The Hall–Kier alpha value is -2.49. The number of piperazine rings is 1. The normalized spacial score (nSPS) is 16.1. The van der Waals surface area contributed by atoms with Gasteiger partial charge >= 0.3 is 0 Å². The van der Waals surface area contributed by atoms with Gasteiger partial charge in [0, 0.05) is 37.6 Å². The molecule has 2 aromatic carbocycles. The summed E-state index contributed by atoms with van der Waals surface area (Å²) in [6.45, 7) is 11.9. The van der Waals surface area contributed by atoms with E-state index in [1.54, 1.807) is 0 Å². The third-order valence-corrected chi connectivity index (χ3v) is 5.22. The lowest BCUT2D eigenvalue weighted by Gasteiger charge is -2.37.